The Balaban J connectivity index is 1.49. The maximum absolute atomic E-state index is 12.4. The van der Waals surface area contributed by atoms with Crippen molar-refractivity contribution in [2.75, 3.05) is 19.7 Å². The van der Waals surface area contributed by atoms with Crippen LogP contribution < -0.4 is 0 Å². The number of carbonyl (C=O) groups excluding carboxylic acids is 1. The smallest absolute Gasteiger partial charge is 0.226 e. The summed E-state index contributed by atoms with van der Waals surface area (Å²) in [6.45, 7) is 6.19. The summed E-state index contributed by atoms with van der Waals surface area (Å²) in [5.41, 5.74) is 2.23. The average molecular weight is 343 g/mol. The first-order valence-electron chi connectivity index (χ1n) is 9.36. The molecule has 2 unspecified atom stereocenters. The number of piperidine rings is 1. The van der Waals surface area contributed by atoms with Crippen molar-refractivity contribution in [2.45, 2.75) is 51.7 Å². The van der Waals surface area contributed by atoms with E-state index in [-0.39, 0.29) is 23.5 Å². The van der Waals surface area contributed by atoms with E-state index in [1.54, 1.807) is 0 Å². The van der Waals surface area contributed by atoms with Gasteiger partial charge in [0.1, 0.15) is 0 Å². The molecule has 1 saturated heterocycles. The minimum absolute atomic E-state index is 0.121. The van der Waals surface area contributed by atoms with E-state index >= 15 is 0 Å². The van der Waals surface area contributed by atoms with E-state index in [9.17, 15) is 9.90 Å². The van der Waals surface area contributed by atoms with Crippen molar-refractivity contribution in [1.82, 2.24) is 4.90 Å². The molecule has 4 heteroatoms. The van der Waals surface area contributed by atoms with Crippen molar-refractivity contribution in [2.24, 2.45) is 5.41 Å². The molecule has 2 atom stereocenters. The van der Waals surface area contributed by atoms with Crippen molar-refractivity contribution in [1.29, 1.82) is 0 Å². The maximum Gasteiger partial charge on any atom is 0.226 e. The van der Waals surface area contributed by atoms with Crippen LogP contribution in [-0.4, -0.2) is 47.8 Å². The number of benzene rings is 1. The Morgan fingerprint density at radius 1 is 1.32 bits per heavy atom. The minimum atomic E-state index is -0.275. The van der Waals surface area contributed by atoms with Crippen LogP contribution in [0.3, 0.4) is 0 Å². The Hall–Kier alpha value is -1.65. The van der Waals surface area contributed by atoms with Gasteiger partial charge in [-0.25, -0.2) is 0 Å². The predicted octanol–water partition coefficient (Wildman–Crippen LogP) is 3.18. The van der Waals surface area contributed by atoms with Crippen LogP contribution in [0.5, 0.6) is 0 Å². The fourth-order valence-corrected chi connectivity index (χ4v) is 4.09. The second-order valence-corrected chi connectivity index (χ2v) is 7.33. The zero-order valence-corrected chi connectivity index (χ0v) is 15.3. The van der Waals surface area contributed by atoms with Crippen LogP contribution in [0.15, 0.2) is 30.3 Å². The summed E-state index contributed by atoms with van der Waals surface area (Å²) in [6, 6.07) is 8.27. The molecule has 0 radical (unpaired) electrons. The average Bonchev–Trinajstić information content (AvgIpc) is 2.63. The number of likely N-dealkylation sites (tertiary alicyclic amines) is 1. The molecule has 1 aliphatic heterocycles. The number of ether oxygens (including phenoxy) is 1. The summed E-state index contributed by atoms with van der Waals surface area (Å²) >= 11 is 0. The zero-order chi connectivity index (χ0) is 17.9. The Morgan fingerprint density at radius 2 is 2.00 bits per heavy atom. The number of aryl methyl sites for hydroxylation is 1. The standard InChI is InChI=1S/C21H29NO3/c1-3-25-19-15-18(23)21(19)11-13-22(14-12-21)20(24)6-4-5-17-9-7-16(2)8-10-17/h4-5,7-10,18-19,23H,3,6,11-15H2,1-2H3/b5-4+. The highest BCUT2D eigenvalue weighted by Gasteiger charge is 2.56. The van der Waals surface area contributed by atoms with Crippen molar-refractivity contribution in [3.05, 3.63) is 41.5 Å². The summed E-state index contributed by atoms with van der Waals surface area (Å²) in [7, 11) is 0. The number of rotatable bonds is 5. The van der Waals surface area contributed by atoms with Crippen LogP contribution in [0.25, 0.3) is 6.08 Å². The molecule has 1 aromatic rings. The molecule has 25 heavy (non-hydrogen) atoms. The molecule has 3 rings (SSSR count). The van der Waals surface area contributed by atoms with Crippen molar-refractivity contribution in [3.63, 3.8) is 0 Å². The summed E-state index contributed by atoms with van der Waals surface area (Å²) in [5.74, 6) is 0.167. The molecule has 1 aromatic carbocycles. The Labute approximate surface area is 150 Å². The molecule has 0 bridgehead atoms. The third-order valence-corrected chi connectivity index (χ3v) is 5.84. The highest BCUT2D eigenvalue weighted by atomic mass is 16.5. The number of aliphatic hydroxyl groups is 1. The van der Waals surface area contributed by atoms with E-state index in [1.807, 2.05) is 24.0 Å². The number of hydrogen-bond donors (Lipinski definition) is 1. The molecule has 1 aliphatic carbocycles. The highest BCUT2D eigenvalue weighted by Crippen LogP contribution is 2.50. The van der Waals surface area contributed by atoms with Crippen LogP contribution in [0.1, 0.15) is 43.7 Å². The number of nitrogens with zero attached hydrogens (tertiary/aromatic N) is 1. The minimum Gasteiger partial charge on any atom is -0.392 e. The fraction of sp³-hybridized carbons (Fsp3) is 0.571. The third-order valence-electron chi connectivity index (χ3n) is 5.84. The lowest BCUT2D eigenvalue weighted by Gasteiger charge is -2.56. The molecule has 1 N–H and O–H groups in total. The first-order valence-corrected chi connectivity index (χ1v) is 9.36. The third kappa shape index (κ3) is 3.80. The molecule has 1 saturated carbocycles. The van der Waals surface area contributed by atoms with Crippen LogP contribution in [-0.2, 0) is 9.53 Å². The van der Waals surface area contributed by atoms with E-state index in [0.29, 0.717) is 13.0 Å². The number of hydrogen-bond acceptors (Lipinski definition) is 3. The van der Waals surface area contributed by atoms with E-state index in [2.05, 4.69) is 31.2 Å². The summed E-state index contributed by atoms with van der Waals surface area (Å²) in [6.07, 6.45) is 6.67. The lowest BCUT2D eigenvalue weighted by atomic mass is 9.58. The SMILES string of the molecule is CCOC1CC(O)C12CCN(C(=O)C/C=C/c1ccc(C)cc1)CC2. The van der Waals surface area contributed by atoms with Crippen LogP contribution in [0, 0.1) is 12.3 Å². The first-order chi connectivity index (χ1) is 12.0. The van der Waals surface area contributed by atoms with E-state index < -0.39 is 0 Å². The van der Waals surface area contributed by atoms with Gasteiger partial charge in [0.25, 0.3) is 0 Å². The lowest BCUT2D eigenvalue weighted by molar-refractivity contribution is -0.210. The summed E-state index contributed by atoms with van der Waals surface area (Å²) in [5, 5.41) is 10.2. The zero-order valence-electron chi connectivity index (χ0n) is 15.3. The van der Waals surface area contributed by atoms with Gasteiger partial charge in [-0.2, -0.15) is 0 Å². The van der Waals surface area contributed by atoms with Gasteiger partial charge in [-0.15, -0.1) is 0 Å². The molecule has 1 amide bonds. The van der Waals surface area contributed by atoms with Crippen molar-refractivity contribution in [3.8, 4) is 0 Å². The maximum atomic E-state index is 12.4. The Morgan fingerprint density at radius 3 is 2.60 bits per heavy atom. The topological polar surface area (TPSA) is 49.8 Å². The normalized spacial score (nSPS) is 25.3. The summed E-state index contributed by atoms with van der Waals surface area (Å²) in [4.78, 5) is 14.4. The van der Waals surface area contributed by atoms with Crippen molar-refractivity contribution < 1.29 is 14.6 Å². The van der Waals surface area contributed by atoms with Crippen LogP contribution >= 0.6 is 0 Å². The van der Waals surface area contributed by atoms with Gasteiger partial charge >= 0.3 is 0 Å². The van der Waals surface area contributed by atoms with Crippen LogP contribution in [0.2, 0.25) is 0 Å². The first kappa shape index (κ1) is 18.2. The second-order valence-electron chi connectivity index (χ2n) is 7.33. The van der Waals surface area contributed by atoms with E-state index in [1.165, 1.54) is 5.56 Å². The molecule has 4 nitrogen and oxygen atoms in total. The second kappa shape index (κ2) is 7.71. The Bertz CT molecular complexity index is 613. The number of carbonyl (C=O) groups is 1. The Kier molecular flexibility index (Phi) is 5.60. The number of amides is 1. The molecule has 1 heterocycles. The quantitative estimate of drug-likeness (QED) is 0.893. The number of aliphatic hydroxyl groups excluding tert-OH is 1. The molecule has 136 valence electrons. The largest absolute Gasteiger partial charge is 0.392 e. The fourth-order valence-electron chi connectivity index (χ4n) is 4.09. The van der Waals surface area contributed by atoms with E-state index in [0.717, 1.165) is 37.9 Å². The van der Waals surface area contributed by atoms with E-state index in [4.69, 9.17) is 4.74 Å². The van der Waals surface area contributed by atoms with Gasteiger partial charge in [-0.05, 0) is 32.3 Å². The van der Waals surface area contributed by atoms with Gasteiger partial charge in [0.15, 0.2) is 0 Å². The predicted molar refractivity (Wildman–Crippen MR) is 99.1 cm³/mol. The van der Waals surface area contributed by atoms with Crippen LogP contribution in [0.4, 0.5) is 0 Å². The molecule has 1 spiro atoms. The van der Waals surface area contributed by atoms with Gasteiger partial charge in [-0.3, -0.25) is 4.79 Å². The van der Waals surface area contributed by atoms with Gasteiger partial charge in [0.2, 0.25) is 5.91 Å². The monoisotopic (exact) mass is 343 g/mol. The van der Waals surface area contributed by atoms with Gasteiger partial charge in [0, 0.05) is 38.0 Å². The highest BCUT2D eigenvalue weighted by molar-refractivity contribution is 5.78. The molecular weight excluding hydrogens is 314 g/mol. The molecule has 2 fully saturated rings. The molecular formula is C21H29NO3. The lowest BCUT2D eigenvalue weighted by Crippen LogP contribution is -2.62. The molecule has 0 aromatic heterocycles. The molecule has 2 aliphatic rings. The van der Waals surface area contributed by atoms with Crippen molar-refractivity contribution >= 4 is 12.0 Å². The van der Waals surface area contributed by atoms with Gasteiger partial charge in [0.05, 0.1) is 12.2 Å². The summed E-state index contributed by atoms with van der Waals surface area (Å²) < 4.78 is 5.78. The van der Waals surface area contributed by atoms with Gasteiger partial charge in [-0.1, -0.05) is 42.0 Å². The van der Waals surface area contributed by atoms with Gasteiger partial charge < -0.3 is 14.7 Å².